The summed E-state index contributed by atoms with van der Waals surface area (Å²) in [4.78, 5) is 14.0. The number of aromatic nitrogens is 2. The molecule has 0 saturated carbocycles. The van der Waals surface area contributed by atoms with Gasteiger partial charge in [-0.25, -0.2) is 0 Å². The minimum atomic E-state index is -0.0820. The van der Waals surface area contributed by atoms with E-state index < -0.39 is 0 Å². The van der Waals surface area contributed by atoms with Crippen LogP contribution < -0.4 is 5.32 Å². The Hall–Kier alpha value is -2.47. The molecule has 1 fully saturated rings. The largest absolute Gasteiger partial charge is 0.378 e. The fourth-order valence-electron chi connectivity index (χ4n) is 2.62. The Morgan fingerprint density at radius 2 is 1.88 bits per heavy atom. The molecule has 126 valence electrons. The number of ether oxygens (including phenoxy) is 1. The lowest BCUT2D eigenvalue weighted by atomic mass is 10.1. The number of hydrogen-bond donors (Lipinski definition) is 1. The van der Waals surface area contributed by atoms with Crippen LogP contribution in [0.2, 0.25) is 0 Å². The maximum atomic E-state index is 12.3. The number of anilines is 1. The molecule has 0 atom stereocenters. The molecule has 1 aromatic carbocycles. The highest BCUT2D eigenvalue weighted by atomic mass is 16.5. The molecule has 3 rings (SSSR count). The van der Waals surface area contributed by atoms with Crippen molar-refractivity contribution in [2.45, 2.75) is 12.8 Å². The van der Waals surface area contributed by atoms with E-state index in [0.29, 0.717) is 37.8 Å². The van der Waals surface area contributed by atoms with E-state index in [0.717, 1.165) is 19.4 Å². The number of morpholine rings is 1. The van der Waals surface area contributed by atoms with Gasteiger partial charge < -0.3 is 15.0 Å². The number of amides is 1. The second-order valence-electron chi connectivity index (χ2n) is 5.72. The van der Waals surface area contributed by atoms with Crippen LogP contribution >= 0.6 is 0 Å². The molecule has 1 amide bonds. The zero-order valence-corrected chi connectivity index (χ0v) is 13.6. The smallest absolute Gasteiger partial charge is 0.274 e. The minimum Gasteiger partial charge on any atom is -0.378 e. The molecule has 0 spiro atoms. The lowest BCUT2D eigenvalue weighted by Gasteiger charge is -2.26. The van der Waals surface area contributed by atoms with Crippen molar-refractivity contribution >= 4 is 11.7 Å². The van der Waals surface area contributed by atoms with Gasteiger partial charge in [-0.3, -0.25) is 4.79 Å². The van der Waals surface area contributed by atoms with E-state index in [1.165, 1.54) is 5.56 Å². The summed E-state index contributed by atoms with van der Waals surface area (Å²) < 4.78 is 5.25. The molecule has 1 saturated heterocycles. The Labute approximate surface area is 141 Å². The fourth-order valence-corrected chi connectivity index (χ4v) is 2.62. The van der Waals surface area contributed by atoms with E-state index in [1.807, 2.05) is 12.1 Å². The van der Waals surface area contributed by atoms with E-state index in [4.69, 9.17) is 4.74 Å². The third-order valence-electron chi connectivity index (χ3n) is 3.97. The normalized spacial score (nSPS) is 14.4. The third kappa shape index (κ3) is 4.52. The Morgan fingerprint density at radius 1 is 1.08 bits per heavy atom. The number of nitrogens with one attached hydrogen (secondary N) is 1. The summed E-state index contributed by atoms with van der Waals surface area (Å²) in [5.41, 5.74) is 1.71. The summed E-state index contributed by atoms with van der Waals surface area (Å²) in [6.07, 6.45) is 2.04. The summed E-state index contributed by atoms with van der Waals surface area (Å²) in [5.74, 6) is 0.614. The Balaban J connectivity index is 1.45. The first kappa shape index (κ1) is 16.4. The average Bonchev–Trinajstić information content (AvgIpc) is 2.67. The number of aryl methyl sites for hydroxylation is 1. The predicted octanol–water partition coefficient (Wildman–Crippen LogP) is 1.99. The quantitative estimate of drug-likeness (QED) is 0.822. The van der Waals surface area contributed by atoms with Crippen LogP contribution in [0.4, 0.5) is 5.82 Å². The maximum Gasteiger partial charge on any atom is 0.274 e. The van der Waals surface area contributed by atoms with E-state index in [1.54, 1.807) is 11.0 Å². The van der Waals surface area contributed by atoms with Gasteiger partial charge >= 0.3 is 0 Å². The molecule has 2 aromatic rings. The lowest BCUT2D eigenvalue weighted by Crippen LogP contribution is -2.41. The zero-order valence-electron chi connectivity index (χ0n) is 13.6. The standard InChI is InChI=1S/C18H22N4O2/c23-18(22-11-13-24-14-12-22)16-8-9-17(21-20-16)19-10-4-7-15-5-2-1-3-6-15/h1-3,5-6,8-9H,4,7,10-14H2,(H,19,21). The van der Waals surface area contributed by atoms with Crippen LogP contribution in [0.5, 0.6) is 0 Å². The van der Waals surface area contributed by atoms with Gasteiger partial charge in [0, 0.05) is 19.6 Å². The Morgan fingerprint density at radius 3 is 2.58 bits per heavy atom. The summed E-state index contributed by atoms with van der Waals surface area (Å²) in [6, 6.07) is 13.9. The number of carbonyl (C=O) groups is 1. The summed E-state index contributed by atoms with van der Waals surface area (Å²) in [7, 11) is 0. The van der Waals surface area contributed by atoms with E-state index in [-0.39, 0.29) is 5.91 Å². The molecule has 1 aromatic heterocycles. The van der Waals surface area contributed by atoms with Crippen molar-refractivity contribution in [1.82, 2.24) is 15.1 Å². The zero-order chi connectivity index (χ0) is 16.6. The second kappa shape index (κ2) is 8.40. The number of nitrogens with zero attached hydrogens (tertiary/aromatic N) is 3. The van der Waals surface area contributed by atoms with Gasteiger partial charge in [0.25, 0.3) is 5.91 Å². The summed E-state index contributed by atoms with van der Waals surface area (Å²) in [6.45, 7) is 3.21. The second-order valence-corrected chi connectivity index (χ2v) is 5.72. The van der Waals surface area contributed by atoms with Gasteiger partial charge in [-0.15, -0.1) is 10.2 Å². The van der Waals surface area contributed by atoms with Crippen molar-refractivity contribution in [3.8, 4) is 0 Å². The van der Waals surface area contributed by atoms with Crippen molar-refractivity contribution in [3.63, 3.8) is 0 Å². The van der Waals surface area contributed by atoms with Crippen LogP contribution in [0.25, 0.3) is 0 Å². The highest BCUT2D eigenvalue weighted by Gasteiger charge is 2.19. The monoisotopic (exact) mass is 326 g/mol. The van der Waals surface area contributed by atoms with Crippen molar-refractivity contribution < 1.29 is 9.53 Å². The van der Waals surface area contributed by atoms with Crippen LogP contribution in [0, 0.1) is 0 Å². The first-order chi connectivity index (χ1) is 11.8. The van der Waals surface area contributed by atoms with Crippen molar-refractivity contribution in [2.24, 2.45) is 0 Å². The van der Waals surface area contributed by atoms with Gasteiger partial charge in [0.15, 0.2) is 5.69 Å². The van der Waals surface area contributed by atoms with E-state index >= 15 is 0 Å². The highest BCUT2D eigenvalue weighted by Crippen LogP contribution is 2.08. The molecule has 0 aliphatic carbocycles. The van der Waals surface area contributed by atoms with E-state index in [2.05, 4.69) is 39.8 Å². The third-order valence-corrected chi connectivity index (χ3v) is 3.97. The molecular formula is C18H22N4O2. The molecule has 1 aliphatic rings. The Bertz CT molecular complexity index is 640. The van der Waals surface area contributed by atoms with Gasteiger partial charge in [0.1, 0.15) is 5.82 Å². The molecule has 0 radical (unpaired) electrons. The SMILES string of the molecule is O=C(c1ccc(NCCCc2ccccc2)nn1)N1CCOCC1. The average molecular weight is 326 g/mol. The van der Waals surface area contributed by atoms with Crippen molar-refractivity contribution in [2.75, 3.05) is 38.2 Å². The summed E-state index contributed by atoms with van der Waals surface area (Å²) in [5, 5.41) is 11.4. The van der Waals surface area contributed by atoms with Gasteiger partial charge in [-0.1, -0.05) is 30.3 Å². The highest BCUT2D eigenvalue weighted by molar-refractivity contribution is 5.92. The molecule has 1 aliphatic heterocycles. The van der Waals surface area contributed by atoms with Crippen molar-refractivity contribution in [3.05, 3.63) is 53.7 Å². The summed E-state index contributed by atoms with van der Waals surface area (Å²) >= 11 is 0. The molecule has 24 heavy (non-hydrogen) atoms. The van der Waals surface area contributed by atoms with Gasteiger partial charge in [0.05, 0.1) is 13.2 Å². The maximum absolute atomic E-state index is 12.3. The molecule has 2 heterocycles. The molecular weight excluding hydrogens is 304 g/mol. The van der Waals surface area contributed by atoms with Gasteiger partial charge in [-0.05, 0) is 30.5 Å². The number of carbonyl (C=O) groups excluding carboxylic acids is 1. The van der Waals surface area contributed by atoms with Crippen LogP contribution in [-0.4, -0.2) is 53.9 Å². The topological polar surface area (TPSA) is 67.4 Å². The molecule has 6 heteroatoms. The molecule has 0 unspecified atom stereocenters. The van der Waals surface area contributed by atoms with Crippen LogP contribution in [0.3, 0.4) is 0 Å². The predicted molar refractivity (Wildman–Crippen MR) is 92.0 cm³/mol. The number of hydrogen-bond acceptors (Lipinski definition) is 5. The first-order valence-electron chi connectivity index (χ1n) is 8.31. The van der Waals surface area contributed by atoms with E-state index in [9.17, 15) is 4.79 Å². The number of benzene rings is 1. The molecule has 6 nitrogen and oxygen atoms in total. The molecule has 0 bridgehead atoms. The Kier molecular flexibility index (Phi) is 5.74. The first-order valence-corrected chi connectivity index (χ1v) is 8.31. The van der Waals surface area contributed by atoms with Crippen LogP contribution in [0.15, 0.2) is 42.5 Å². The fraction of sp³-hybridized carbons (Fsp3) is 0.389. The van der Waals surface area contributed by atoms with Crippen LogP contribution in [-0.2, 0) is 11.2 Å². The molecule has 1 N–H and O–H groups in total. The van der Waals surface area contributed by atoms with Gasteiger partial charge in [0.2, 0.25) is 0 Å². The van der Waals surface area contributed by atoms with Crippen LogP contribution in [0.1, 0.15) is 22.5 Å². The van der Waals surface area contributed by atoms with Gasteiger partial charge in [-0.2, -0.15) is 0 Å². The number of rotatable bonds is 6. The minimum absolute atomic E-state index is 0.0820. The van der Waals surface area contributed by atoms with Crippen molar-refractivity contribution in [1.29, 1.82) is 0 Å². The lowest BCUT2D eigenvalue weighted by molar-refractivity contribution is 0.0298.